The first kappa shape index (κ1) is 21.9. The minimum Gasteiger partial charge on any atom is -0.454 e. The summed E-state index contributed by atoms with van der Waals surface area (Å²) in [5.41, 5.74) is 1.57. The van der Waals surface area contributed by atoms with Gasteiger partial charge in [-0.05, 0) is 30.2 Å². The van der Waals surface area contributed by atoms with Crippen LogP contribution in [0.4, 0.5) is 9.18 Å². The third-order valence-corrected chi connectivity index (χ3v) is 4.04. The Balaban J connectivity index is 1.68. The van der Waals surface area contributed by atoms with Crippen molar-refractivity contribution in [2.45, 2.75) is 20.0 Å². The van der Waals surface area contributed by atoms with Crippen LogP contribution in [0.3, 0.4) is 0 Å². The predicted molar refractivity (Wildman–Crippen MR) is 105 cm³/mol. The Morgan fingerprint density at radius 2 is 1.72 bits per heavy atom. The molecule has 0 bridgehead atoms. The second-order valence-corrected chi connectivity index (χ2v) is 6.22. The summed E-state index contributed by atoms with van der Waals surface area (Å²) in [6.07, 6.45) is 0. The van der Waals surface area contributed by atoms with Crippen LogP contribution in [0.2, 0.25) is 0 Å². The highest BCUT2D eigenvalue weighted by Gasteiger charge is 2.15. The molecule has 29 heavy (non-hydrogen) atoms. The van der Waals surface area contributed by atoms with Gasteiger partial charge in [0, 0.05) is 19.6 Å². The van der Waals surface area contributed by atoms with Crippen molar-refractivity contribution in [1.82, 2.24) is 15.5 Å². The Hall–Kier alpha value is -3.42. The Morgan fingerprint density at radius 1 is 1.00 bits per heavy atom. The van der Waals surface area contributed by atoms with Crippen molar-refractivity contribution in [3.05, 3.63) is 71.5 Å². The van der Waals surface area contributed by atoms with E-state index >= 15 is 0 Å². The Labute approximate surface area is 168 Å². The zero-order chi connectivity index (χ0) is 21.1. The summed E-state index contributed by atoms with van der Waals surface area (Å²) in [4.78, 5) is 37.1. The van der Waals surface area contributed by atoms with E-state index in [1.54, 1.807) is 19.1 Å². The first-order valence-electron chi connectivity index (χ1n) is 9.21. The number of carbonyl (C=O) groups excluding carboxylic acids is 3. The van der Waals surface area contributed by atoms with Crippen LogP contribution in [0.15, 0.2) is 54.6 Å². The smallest absolute Gasteiger partial charge is 0.325 e. The zero-order valence-electron chi connectivity index (χ0n) is 16.2. The van der Waals surface area contributed by atoms with Gasteiger partial charge in [-0.3, -0.25) is 9.59 Å². The lowest BCUT2D eigenvalue weighted by atomic mass is 10.2. The van der Waals surface area contributed by atoms with Crippen molar-refractivity contribution in [2.75, 3.05) is 19.7 Å². The predicted octanol–water partition coefficient (Wildman–Crippen LogP) is 2.22. The van der Waals surface area contributed by atoms with E-state index in [4.69, 9.17) is 4.74 Å². The highest BCUT2D eigenvalue weighted by atomic mass is 19.1. The van der Waals surface area contributed by atoms with Gasteiger partial charge in [-0.2, -0.15) is 0 Å². The molecule has 7 nitrogen and oxygen atoms in total. The van der Waals surface area contributed by atoms with Gasteiger partial charge in [0.25, 0.3) is 5.91 Å². The minimum atomic E-state index is -0.727. The van der Waals surface area contributed by atoms with Crippen molar-refractivity contribution in [3.63, 3.8) is 0 Å². The summed E-state index contributed by atoms with van der Waals surface area (Å²) in [6.45, 7) is 1.89. The Kier molecular flexibility index (Phi) is 8.62. The minimum absolute atomic E-state index is 0.213. The number of esters is 1. The summed E-state index contributed by atoms with van der Waals surface area (Å²) in [7, 11) is 0. The van der Waals surface area contributed by atoms with E-state index in [9.17, 15) is 18.8 Å². The van der Waals surface area contributed by atoms with Crippen LogP contribution in [0, 0.1) is 5.82 Å². The van der Waals surface area contributed by atoms with Gasteiger partial charge in [-0.1, -0.05) is 42.5 Å². The number of hydrogen-bond acceptors (Lipinski definition) is 4. The number of rotatable bonds is 9. The maximum atomic E-state index is 13.3. The summed E-state index contributed by atoms with van der Waals surface area (Å²) in [5.74, 6) is -1.51. The molecule has 0 saturated carbocycles. The fourth-order valence-corrected chi connectivity index (χ4v) is 2.51. The van der Waals surface area contributed by atoms with E-state index in [1.165, 1.54) is 17.0 Å². The van der Waals surface area contributed by atoms with Crippen LogP contribution in [0.25, 0.3) is 0 Å². The number of amides is 3. The van der Waals surface area contributed by atoms with Crippen molar-refractivity contribution in [2.24, 2.45) is 0 Å². The molecule has 3 amide bonds. The van der Waals surface area contributed by atoms with Gasteiger partial charge >= 0.3 is 12.0 Å². The average Bonchev–Trinajstić information content (AvgIpc) is 2.73. The van der Waals surface area contributed by atoms with E-state index < -0.39 is 24.5 Å². The molecular formula is C21H24FN3O4. The third-order valence-electron chi connectivity index (χ3n) is 4.04. The highest BCUT2D eigenvalue weighted by molar-refractivity contribution is 5.83. The second kappa shape index (κ2) is 11.4. The number of urea groups is 1. The molecule has 2 aromatic carbocycles. The average molecular weight is 401 g/mol. The van der Waals surface area contributed by atoms with Crippen LogP contribution in [0.5, 0.6) is 0 Å². The summed E-state index contributed by atoms with van der Waals surface area (Å²) >= 11 is 0. The number of carbonyl (C=O) groups is 3. The van der Waals surface area contributed by atoms with Crippen molar-refractivity contribution >= 4 is 17.9 Å². The van der Waals surface area contributed by atoms with E-state index in [2.05, 4.69) is 10.6 Å². The van der Waals surface area contributed by atoms with Crippen molar-refractivity contribution < 1.29 is 23.5 Å². The summed E-state index contributed by atoms with van der Waals surface area (Å²) in [5, 5.41) is 4.99. The molecule has 0 fully saturated rings. The largest absolute Gasteiger partial charge is 0.454 e. The molecule has 154 valence electrons. The van der Waals surface area contributed by atoms with Crippen LogP contribution in [-0.2, 0) is 27.4 Å². The monoisotopic (exact) mass is 401 g/mol. The Morgan fingerprint density at radius 3 is 2.41 bits per heavy atom. The molecule has 2 aromatic rings. The zero-order valence-corrected chi connectivity index (χ0v) is 16.2. The van der Waals surface area contributed by atoms with Crippen molar-refractivity contribution in [3.8, 4) is 0 Å². The number of halogens is 1. The molecule has 0 aliphatic heterocycles. The molecule has 0 unspecified atom stereocenters. The first-order chi connectivity index (χ1) is 14.0. The summed E-state index contributed by atoms with van der Waals surface area (Å²) < 4.78 is 18.2. The molecule has 0 aliphatic carbocycles. The SMILES string of the molecule is CCN(Cc1cccc(F)c1)C(=O)COC(=O)CNC(=O)NCc1ccccc1. The molecule has 0 aromatic heterocycles. The van der Waals surface area contributed by atoms with Gasteiger partial charge in [-0.15, -0.1) is 0 Å². The number of nitrogens with zero attached hydrogens (tertiary/aromatic N) is 1. The number of ether oxygens (including phenoxy) is 1. The molecule has 0 radical (unpaired) electrons. The lowest BCUT2D eigenvalue weighted by molar-refractivity contribution is -0.151. The molecule has 2 N–H and O–H groups in total. The molecular weight excluding hydrogens is 377 g/mol. The molecule has 0 spiro atoms. The molecule has 0 aliphatic rings. The van der Waals surface area contributed by atoms with Gasteiger partial charge in [-0.25, -0.2) is 9.18 Å². The topological polar surface area (TPSA) is 87.7 Å². The van der Waals surface area contributed by atoms with Crippen LogP contribution in [0.1, 0.15) is 18.1 Å². The fourth-order valence-electron chi connectivity index (χ4n) is 2.51. The molecule has 0 atom stereocenters. The number of benzene rings is 2. The quantitative estimate of drug-likeness (QED) is 0.631. The van der Waals surface area contributed by atoms with Crippen LogP contribution in [-0.4, -0.2) is 42.5 Å². The van der Waals surface area contributed by atoms with Gasteiger partial charge < -0.3 is 20.3 Å². The molecule has 8 heteroatoms. The highest BCUT2D eigenvalue weighted by Crippen LogP contribution is 2.07. The lowest BCUT2D eigenvalue weighted by Gasteiger charge is -2.21. The van der Waals surface area contributed by atoms with Crippen molar-refractivity contribution in [1.29, 1.82) is 0 Å². The van der Waals surface area contributed by atoms with Gasteiger partial charge in [0.2, 0.25) is 0 Å². The van der Waals surface area contributed by atoms with E-state index in [-0.39, 0.29) is 18.9 Å². The maximum absolute atomic E-state index is 13.3. The maximum Gasteiger partial charge on any atom is 0.325 e. The lowest BCUT2D eigenvalue weighted by Crippen LogP contribution is -2.40. The Bertz CT molecular complexity index is 830. The van der Waals surface area contributed by atoms with Gasteiger partial charge in [0.15, 0.2) is 6.61 Å². The number of likely N-dealkylation sites (N-methyl/N-ethyl adjacent to an activating group) is 1. The van der Waals surface area contributed by atoms with Crippen LogP contribution >= 0.6 is 0 Å². The molecule has 0 heterocycles. The van der Waals surface area contributed by atoms with E-state index in [0.29, 0.717) is 18.7 Å². The standard InChI is InChI=1S/C21H24FN3O4/c1-2-25(14-17-9-6-10-18(22)11-17)19(26)15-29-20(27)13-24-21(28)23-12-16-7-4-3-5-8-16/h3-11H,2,12-15H2,1H3,(H2,23,24,28). The number of nitrogens with one attached hydrogen (secondary N) is 2. The first-order valence-corrected chi connectivity index (χ1v) is 9.21. The van der Waals surface area contributed by atoms with E-state index in [0.717, 1.165) is 5.56 Å². The third kappa shape index (κ3) is 8.00. The van der Waals surface area contributed by atoms with Gasteiger partial charge in [0.05, 0.1) is 0 Å². The van der Waals surface area contributed by atoms with Crippen LogP contribution < -0.4 is 10.6 Å². The fraction of sp³-hybridized carbons (Fsp3) is 0.286. The normalized spacial score (nSPS) is 10.1. The summed E-state index contributed by atoms with van der Waals surface area (Å²) in [6, 6.07) is 14.8. The molecule has 0 saturated heterocycles. The number of hydrogen-bond donors (Lipinski definition) is 2. The van der Waals surface area contributed by atoms with Gasteiger partial charge in [0.1, 0.15) is 12.4 Å². The molecule has 2 rings (SSSR count). The second-order valence-electron chi connectivity index (χ2n) is 6.22. The van der Waals surface area contributed by atoms with E-state index in [1.807, 2.05) is 30.3 Å².